The Morgan fingerprint density at radius 1 is 1.60 bits per heavy atom. The normalized spacial score (nSPS) is 11.0. The number of hydrogen-bond acceptors (Lipinski definition) is 1. The van der Waals surface area contributed by atoms with E-state index in [1.54, 1.807) is 11.3 Å². The molecule has 0 N–H and O–H groups in total. The molecule has 1 aromatic rings. The highest BCUT2D eigenvalue weighted by Gasteiger charge is 1.90. The minimum atomic E-state index is 0.857. The molecule has 0 fully saturated rings. The molecule has 0 aromatic carbocycles. The second-order valence-corrected chi connectivity index (χ2v) is 3.70. The molecule has 0 amide bonds. The molecule has 0 atom stereocenters. The average Bonchev–Trinajstić information content (AvgIpc) is 2.31. The van der Waals surface area contributed by atoms with Gasteiger partial charge in [-0.05, 0) is 24.6 Å². The predicted octanol–water partition coefficient (Wildman–Crippen LogP) is 3.82. The molecule has 0 aliphatic carbocycles. The van der Waals surface area contributed by atoms with Crippen LogP contribution in [0.1, 0.15) is 18.2 Å². The number of halogens is 1. The Balaban J connectivity index is 2.67. The molecule has 0 radical (unpaired) electrons. The maximum absolute atomic E-state index is 5.72. The van der Waals surface area contributed by atoms with Crippen LogP contribution < -0.4 is 0 Å². The SMILES string of the molecule is CCC=Cc1ccc(Cl)s1. The molecular formula is C8H9ClS. The summed E-state index contributed by atoms with van der Waals surface area (Å²) in [6.07, 6.45) is 5.30. The number of hydrogen-bond donors (Lipinski definition) is 0. The van der Waals surface area contributed by atoms with Gasteiger partial charge in [0.25, 0.3) is 0 Å². The minimum Gasteiger partial charge on any atom is -0.124 e. The summed E-state index contributed by atoms with van der Waals surface area (Å²) in [4.78, 5) is 1.23. The Morgan fingerprint density at radius 3 is 2.90 bits per heavy atom. The lowest BCUT2D eigenvalue weighted by Crippen LogP contribution is -1.54. The van der Waals surface area contributed by atoms with Crippen molar-refractivity contribution in [3.05, 3.63) is 27.4 Å². The van der Waals surface area contributed by atoms with E-state index in [1.165, 1.54) is 4.88 Å². The summed E-state index contributed by atoms with van der Waals surface area (Å²) in [5.41, 5.74) is 0. The molecule has 0 aliphatic rings. The van der Waals surface area contributed by atoms with E-state index in [4.69, 9.17) is 11.6 Å². The lowest BCUT2D eigenvalue weighted by atomic mass is 10.4. The van der Waals surface area contributed by atoms with E-state index in [9.17, 15) is 0 Å². The Hall–Kier alpha value is -0.270. The Morgan fingerprint density at radius 2 is 2.40 bits per heavy atom. The smallest absolute Gasteiger partial charge is 0.0934 e. The zero-order valence-electron chi connectivity index (χ0n) is 5.80. The van der Waals surface area contributed by atoms with Gasteiger partial charge in [-0.25, -0.2) is 0 Å². The number of thiophene rings is 1. The maximum atomic E-state index is 5.72. The highest BCUT2D eigenvalue weighted by atomic mass is 35.5. The summed E-state index contributed by atoms with van der Waals surface area (Å²) in [5, 5.41) is 0. The molecule has 0 bridgehead atoms. The standard InChI is InChI=1S/C8H9ClS/c1-2-3-4-7-5-6-8(9)10-7/h3-6H,2H2,1H3. The fourth-order valence-electron chi connectivity index (χ4n) is 0.652. The molecule has 0 saturated heterocycles. The van der Waals surface area contributed by atoms with Gasteiger partial charge in [0.2, 0.25) is 0 Å². The van der Waals surface area contributed by atoms with Crippen LogP contribution in [0.15, 0.2) is 18.2 Å². The molecule has 10 heavy (non-hydrogen) atoms. The highest BCUT2D eigenvalue weighted by Crippen LogP contribution is 2.22. The first kappa shape index (κ1) is 7.83. The van der Waals surface area contributed by atoms with Crippen molar-refractivity contribution in [2.45, 2.75) is 13.3 Å². The summed E-state index contributed by atoms with van der Waals surface area (Å²) >= 11 is 7.33. The second-order valence-electron chi connectivity index (χ2n) is 1.95. The molecule has 1 rings (SSSR count). The van der Waals surface area contributed by atoms with Gasteiger partial charge >= 0.3 is 0 Å². The van der Waals surface area contributed by atoms with Crippen LogP contribution in [0.2, 0.25) is 4.34 Å². The van der Waals surface area contributed by atoms with Crippen molar-refractivity contribution >= 4 is 29.0 Å². The van der Waals surface area contributed by atoms with Crippen LogP contribution in [0.5, 0.6) is 0 Å². The van der Waals surface area contributed by atoms with Gasteiger partial charge in [-0.2, -0.15) is 0 Å². The van der Waals surface area contributed by atoms with Crippen molar-refractivity contribution in [2.24, 2.45) is 0 Å². The monoisotopic (exact) mass is 172 g/mol. The molecule has 0 nitrogen and oxygen atoms in total. The number of rotatable bonds is 2. The van der Waals surface area contributed by atoms with Crippen molar-refractivity contribution in [3.8, 4) is 0 Å². The third-order valence-electron chi connectivity index (χ3n) is 1.11. The van der Waals surface area contributed by atoms with Crippen LogP contribution in [0.25, 0.3) is 6.08 Å². The molecule has 54 valence electrons. The zero-order valence-corrected chi connectivity index (χ0v) is 7.38. The lowest BCUT2D eigenvalue weighted by molar-refractivity contribution is 1.23. The number of allylic oxidation sites excluding steroid dienone is 1. The third-order valence-corrected chi connectivity index (χ3v) is 2.31. The largest absolute Gasteiger partial charge is 0.124 e. The average molecular weight is 173 g/mol. The van der Waals surface area contributed by atoms with Gasteiger partial charge in [-0.3, -0.25) is 0 Å². The molecule has 0 aliphatic heterocycles. The summed E-state index contributed by atoms with van der Waals surface area (Å²) in [6, 6.07) is 3.95. The fraction of sp³-hybridized carbons (Fsp3) is 0.250. The highest BCUT2D eigenvalue weighted by molar-refractivity contribution is 7.16. The van der Waals surface area contributed by atoms with Gasteiger partial charge in [0.1, 0.15) is 0 Å². The Labute approximate surface area is 70.1 Å². The minimum absolute atomic E-state index is 0.857. The van der Waals surface area contributed by atoms with E-state index in [2.05, 4.69) is 19.1 Å². The molecule has 0 unspecified atom stereocenters. The van der Waals surface area contributed by atoms with E-state index < -0.39 is 0 Å². The van der Waals surface area contributed by atoms with E-state index in [1.807, 2.05) is 12.1 Å². The topological polar surface area (TPSA) is 0 Å². The van der Waals surface area contributed by atoms with Crippen LogP contribution in [-0.4, -0.2) is 0 Å². The molecular weight excluding hydrogens is 164 g/mol. The van der Waals surface area contributed by atoms with Crippen molar-refractivity contribution in [3.63, 3.8) is 0 Å². The summed E-state index contributed by atoms with van der Waals surface area (Å²) in [5.74, 6) is 0. The Kier molecular flexibility index (Phi) is 2.97. The van der Waals surface area contributed by atoms with E-state index >= 15 is 0 Å². The van der Waals surface area contributed by atoms with Gasteiger partial charge in [0.05, 0.1) is 4.34 Å². The van der Waals surface area contributed by atoms with Crippen LogP contribution in [0, 0.1) is 0 Å². The van der Waals surface area contributed by atoms with Gasteiger partial charge < -0.3 is 0 Å². The summed E-state index contributed by atoms with van der Waals surface area (Å²) in [7, 11) is 0. The first-order valence-electron chi connectivity index (χ1n) is 3.25. The molecule has 2 heteroatoms. The van der Waals surface area contributed by atoms with E-state index in [-0.39, 0.29) is 0 Å². The molecule has 0 spiro atoms. The lowest BCUT2D eigenvalue weighted by Gasteiger charge is -1.79. The molecule has 1 heterocycles. The molecule has 0 saturated carbocycles. The van der Waals surface area contributed by atoms with Gasteiger partial charge in [-0.15, -0.1) is 11.3 Å². The third kappa shape index (κ3) is 2.16. The maximum Gasteiger partial charge on any atom is 0.0934 e. The fourth-order valence-corrected chi connectivity index (χ4v) is 1.64. The van der Waals surface area contributed by atoms with Gasteiger partial charge in [0, 0.05) is 4.88 Å². The zero-order chi connectivity index (χ0) is 7.40. The molecule has 1 aromatic heterocycles. The van der Waals surface area contributed by atoms with Crippen molar-refractivity contribution in [1.29, 1.82) is 0 Å². The summed E-state index contributed by atoms with van der Waals surface area (Å²) in [6.45, 7) is 2.12. The van der Waals surface area contributed by atoms with Crippen LogP contribution >= 0.6 is 22.9 Å². The first-order chi connectivity index (χ1) is 4.83. The van der Waals surface area contributed by atoms with Crippen molar-refractivity contribution in [2.75, 3.05) is 0 Å². The quantitative estimate of drug-likeness (QED) is 0.636. The second kappa shape index (κ2) is 3.79. The van der Waals surface area contributed by atoms with E-state index in [0.717, 1.165) is 10.8 Å². The van der Waals surface area contributed by atoms with Crippen LogP contribution in [0.4, 0.5) is 0 Å². The first-order valence-corrected chi connectivity index (χ1v) is 4.44. The van der Waals surface area contributed by atoms with Crippen LogP contribution in [-0.2, 0) is 0 Å². The van der Waals surface area contributed by atoms with E-state index in [0.29, 0.717) is 0 Å². The summed E-state index contributed by atoms with van der Waals surface area (Å²) < 4.78 is 0.857. The predicted molar refractivity (Wildman–Crippen MR) is 48.7 cm³/mol. The van der Waals surface area contributed by atoms with Gasteiger partial charge in [0.15, 0.2) is 0 Å². The van der Waals surface area contributed by atoms with Crippen molar-refractivity contribution < 1.29 is 0 Å². The Bertz CT molecular complexity index is 225. The van der Waals surface area contributed by atoms with Crippen LogP contribution in [0.3, 0.4) is 0 Å². The van der Waals surface area contributed by atoms with Crippen molar-refractivity contribution in [1.82, 2.24) is 0 Å². The van der Waals surface area contributed by atoms with Gasteiger partial charge in [-0.1, -0.05) is 24.6 Å².